The molecule has 7 heavy (non-hydrogen) atoms. The summed E-state index contributed by atoms with van der Waals surface area (Å²) in [7, 11) is 1.73. The van der Waals surface area contributed by atoms with E-state index in [4.69, 9.17) is 4.42 Å². The van der Waals surface area contributed by atoms with Crippen molar-refractivity contribution in [3.63, 3.8) is 0 Å². The van der Waals surface area contributed by atoms with Gasteiger partial charge in [0.1, 0.15) is 6.26 Å². The van der Waals surface area contributed by atoms with Crippen LogP contribution in [-0.2, 0) is 0 Å². The predicted octanol–water partition coefficient (Wildman–Crippen LogP) is 1.15. The molecule has 0 aliphatic heterocycles. The van der Waals surface area contributed by atoms with Crippen molar-refractivity contribution in [1.29, 1.82) is 0 Å². The molecule has 1 heterocycles. The summed E-state index contributed by atoms with van der Waals surface area (Å²) >= 11 is 0. The molecule has 0 aliphatic carbocycles. The Morgan fingerprint density at radius 1 is 1.71 bits per heavy atom. The number of hydrogen-bond acceptors (Lipinski definition) is 1. The minimum absolute atomic E-state index is 0.889. The molecule has 1 rings (SSSR count). The van der Waals surface area contributed by atoms with Crippen LogP contribution in [0.5, 0.6) is 0 Å². The summed E-state index contributed by atoms with van der Waals surface area (Å²) in [5.74, 6) is 0. The van der Waals surface area contributed by atoms with E-state index in [0.29, 0.717) is 0 Å². The lowest BCUT2D eigenvalue weighted by molar-refractivity contribution is 0.566. The normalized spacial score (nSPS) is 8.71. The van der Waals surface area contributed by atoms with E-state index in [1.165, 1.54) is 0 Å². The van der Waals surface area contributed by atoms with Crippen molar-refractivity contribution >= 4 is 5.69 Å². The topological polar surface area (TPSA) is 27.2 Å². The van der Waals surface area contributed by atoms with Gasteiger partial charge in [-0.05, 0) is 0 Å². The number of furan rings is 1. The molecule has 2 heteroatoms. The van der Waals surface area contributed by atoms with E-state index in [-0.39, 0.29) is 0 Å². The van der Waals surface area contributed by atoms with Crippen molar-refractivity contribution in [3.05, 3.63) is 18.6 Å². The average molecular weight is 96.1 g/mol. The first-order valence-corrected chi connectivity index (χ1v) is 2.05. The second-order valence-corrected chi connectivity index (χ2v) is 1.21. The Bertz CT molecular complexity index is 123. The maximum atomic E-state index is 4.71. The highest BCUT2D eigenvalue weighted by molar-refractivity contribution is 5.28. The lowest BCUT2D eigenvalue weighted by atomic mass is 10.5. The zero-order valence-corrected chi connectivity index (χ0v) is 4.09. The van der Waals surface area contributed by atoms with Gasteiger partial charge in [0.15, 0.2) is 0 Å². The Labute approximate surface area is 42.1 Å². The third kappa shape index (κ3) is 0.738. The maximum absolute atomic E-state index is 4.71. The van der Waals surface area contributed by atoms with Crippen molar-refractivity contribution < 1.29 is 4.42 Å². The van der Waals surface area contributed by atoms with Gasteiger partial charge in [0.25, 0.3) is 0 Å². The van der Waals surface area contributed by atoms with Crippen molar-refractivity contribution in [3.8, 4) is 0 Å². The third-order valence-corrected chi connectivity index (χ3v) is 0.764. The van der Waals surface area contributed by atoms with Crippen LogP contribution in [0.25, 0.3) is 0 Å². The van der Waals surface area contributed by atoms with Gasteiger partial charge < -0.3 is 4.42 Å². The lowest BCUT2D eigenvalue weighted by Crippen LogP contribution is -1.79. The summed E-state index contributed by atoms with van der Waals surface area (Å²) in [5.41, 5.74) is 0.889. The zero-order chi connectivity index (χ0) is 5.11. The highest BCUT2D eigenvalue weighted by Crippen LogP contribution is 2.03. The molecule has 0 aliphatic rings. The standard InChI is InChI=1S/C5H6NO/c1-6-5-2-3-7-4-5/h2-4H,1H3. The average Bonchev–Trinajstić information content (AvgIpc) is 2.14. The second kappa shape index (κ2) is 1.69. The van der Waals surface area contributed by atoms with E-state index in [1.54, 1.807) is 25.6 Å². The SMILES string of the molecule is C[N]c1ccoc1. The van der Waals surface area contributed by atoms with Gasteiger partial charge in [-0.1, -0.05) is 0 Å². The van der Waals surface area contributed by atoms with Gasteiger partial charge in [0.2, 0.25) is 0 Å². The summed E-state index contributed by atoms with van der Waals surface area (Å²) in [5, 5.41) is 3.84. The Hall–Kier alpha value is -0.920. The van der Waals surface area contributed by atoms with Crippen molar-refractivity contribution in [2.75, 3.05) is 7.05 Å². The first kappa shape index (κ1) is 4.24. The molecule has 1 aromatic rings. The summed E-state index contributed by atoms with van der Waals surface area (Å²) in [6.07, 6.45) is 3.20. The fourth-order valence-corrected chi connectivity index (χ4v) is 0.385. The molecule has 0 unspecified atom stereocenters. The van der Waals surface area contributed by atoms with E-state index in [9.17, 15) is 0 Å². The highest BCUT2D eigenvalue weighted by atomic mass is 16.3. The van der Waals surface area contributed by atoms with Crippen LogP contribution in [0, 0.1) is 0 Å². The molecular formula is C5H6NO. The van der Waals surface area contributed by atoms with E-state index in [1.807, 2.05) is 0 Å². The molecular weight excluding hydrogens is 90.1 g/mol. The van der Waals surface area contributed by atoms with E-state index in [0.717, 1.165) is 5.69 Å². The Balaban J connectivity index is 2.76. The molecule has 0 aromatic carbocycles. The van der Waals surface area contributed by atoms with Crippen LogP contribution in [-0.4, -0.2) is 7.05 Å². The van der Waals surface area contributed by atoms with Crippen LogP contribution in [0.3, 0.4) is 0 Å². The fraction of sp³-hybridized carbons (Fsp3) is 0.200. The molecule has 0 N–H and O–H groups in total. The van der Waals surface area contributed by atoms with Crippen LogP contribution in [0.2, 0.25) is 0 Å². The zero-order valence-electron chi connectivity index (χ0n) is 4.09. The predicted molar refractivity (Wildman–Crippen MR) is 26.4 cm³/mol. The van der Waals surface area contributed by atoms with Crippen molar-refractivity contribution in [1.82, 2.24) is 5.32 Å². The lowest BCUT2D eigenvalue weighted by Gasteiger charge is -1.79. The molecule has 0 saturated heterocycles. The monoisotopic (exact) mass is 96.0 g/mol. The molecule has 37 valence electrons. The Morgan fingerprint density at radius 2 is 2.57 bits per heavy atom. The van der Waals surface area contributed by atoms with Gasteiger partial charge in [-0.3, -0.25) is 5.32 Å². The maximum Gasteiger partial charge on any atom is 0.115 e. The smallest absolute Gasteiger partial charge is 0.115 e. The van der Waals surface area contributed by atoms with E-state index >= 15 is 0 Å². The molecule has 1 aromatic heterocycles. The number of nitrogens with zero attached hydrogens (tertiary/aromatic N) is 1. The number of hydrogen-bond donors (Lipinski definition) is 0. The summed E-state index contributed by atoms with van der Waals surface area (Å²) < 4.78 is 4.71. The molecule has 0 amide bonds. The highest BCUT2D eigenvalue weighted by Gasteiger charge is 1.84. The van der Waals surface area contributed by atoms with Gasteiger partial charge in [0, 0.05) is 13.1 Å². The largest absolute Gasteiger partial charge is 0.470 e. The molecule has 2 nitrogen and oxygen atoms in total. The van der Waals surface area contributed by atoms with Crippen molar-refractivity contribution in [2.45, 2.75) is 0 Å². The summed E-state index contributed by atoms with van der Waals surface area (Å²) in [6.45, 7) is 0. The molecule has 0 atom stereocenters. The molecule has 0 spiro atoms. The Kier molecular flexibility index (Phi) is 1.02. The third-order valence-electron chi connectivity index (χ3n) is 0.764. The quantitative estimate of drug-likeness (QED) is 0.515. The van der Waals surface area contributed by atoms with Crippen LogP contribution >= 0.6 is 0 Å². The van der Waals surface area contributed by atoms with Crippen LogP contribution in [0.15, 0.2) is 23.0 Å². The van der Waals surface area contributed by atoms with E-state index < -0.39 is 0 Å². The minimum atomic E-state index is 0.889. The Morgan fingerprint density at radius 3 is 2.86 bits per heavy atom. The van der Waals surface area contributed by atoms with Gasteiger partial charge in [0.05, 0.1) is 12.0 Å². The minimum Gasteiger partial charge on any atom is -0.470 e. The van der Waals surface area contributed by atoms with Gasteiger partial charge in [-0.15, -0.1) is 0 Å². The summed E-state index contributed by atoms with van der Waals surface area (Å²) in [6, 6.07) is 1.81. The summed E-state index contributed by atoms with van der Waals surface area (Å²) in [4.78, 5) is 0. The molecule has 0 saturated carbocycles. The van der Waals surface area contributed by atoms with Gasteiger partial charge in [-0.25, -0.2) is 0 Å². The van der Waals surface area contributed by atoms with Gasteiger partial charge >= 0.3 is 0 Å². The van der Waals surface area contributed by atoms with E-state index in [2.05, 4.69) is 5.32 Å². The molecule has 0 bridgehead atoms. The van der Waals surface area contributed by atoms with Crippen LogP contribution < -0.4 is 5.32 Å². The fourth-order valence-electron chi connectivity index (χ4n) is 0.385. The first-order chi connectivity index (χ1) is 3.43. The van der Waals surface area contributed by atoms with Crippen LogP contribution in [0.4, 0.5) is 5.69 Å². The van der Waals surface area contributed by atoms with Crippen LogP contribution in [0.1, 0.15) is 0 Å². The first-order valence-electron chi connectivity index (χ1n) is 2.05. The van der Waals surface area contributed by atoms with Crippen molar-refractivity contribution in [2.24, 2.45) is 0 Å². The second-order valence-electron chi connectivity index (χ2n) is 1.21. The molecule has 0 fully saturated rings. The van der Waals surface area contributed by atoms with Gasteiger partial charge in [-0.2, -0.15) is 0 Å². The number of rotatable bonds is 1. The molecule has 1 radical (unpaired) electrons.